The van der Waals surface area contributed by atoms with Gasteiger partial charge in [-0.1, -0.05) is 30.3 Å². The number of aromatic nitrogens is 2. The van der Waals surface area contributed by atoms with Crippen molar-refractivity contribution in [3.05, 3.63) is 106 Å². The van der Waals surface area contributed by atoms with Crippen molar-refractivity contribution in [3.8, 4) is 0 Å². The molecule has 0 fully saturated rings. The zero-order chi connectivity index (χ0) is 24.3. The SMILES string of the molecule is C=CCN(c1ccccc1)S(=O)(=O)c1cccc(C(=O)OCc2cc(=O)n3c(C)csc3n2)c1. The summed E-state index contributed by atoms with van der Waals surface area (Å²) in [6.45, 7) is 5.30. The number of esters is 1. The Labute approximate surface area is 200 Å². The maximum Gasteiger partial charge on any atom is 0.338 e. The number of hydrogen-bond acceptors (Lipinski definition) is 7. The maximum atomic E-state index is 13.3. The highest BCUT2D eigenvalue weighted by atomic mass is 32.2. The summed E-state index contributed by atoms with van der Waals surface area (Å²) in [5.74, 6) is -0.726. The van der Waals surface area contributed by atoms with Crippen LogP contribution in [0.5, 0.6) is 0 Å². The molecule has 0 unspecified atom stereocenters. The molecule has 0 aliphatic carbocycles. The molecule has 0 saturated carbocycles. The van der Waals surface area contributed by atoms with E-state index in [0.29, 0.717) is 16.3 Å². The molecule has 34 heavy (non-hydrogen) atoms. The molecule has 0 amide bonds. The van der Waals surface area contributed by atoms with E-state index in [0.717, 1.165) is 5.69 Å². The van der Waals surface area contributed by atoms with E-state index in [1.54, 1.807) is 37.3 Å². The Balaban J connectivity index is 1.56. The van der Waals surface area contributed by atoms with E-state index in [4.69, 9.17) is 4.74 Å². The van der Waals surface area contributed by atoms with Crippen LogP contribution in [0.15, 0.2) is 88.4 Å². The van der Waals surface area contributed by atoms with E-state index < -0.39 is 16.0 Å². The number of ether oxygens (including phenoxy) is 1. The van der Waals surface area contributed by atoms with Gasteiger partial charge in [-0.2, -0.15) is 0 Å². The number of thiazole rings is 1. The molecule has 0 aliphatic rings. The second-order valence-electron chi connectivity index (χ2n) is 7.35. The van der Waals surface area contributed by atoms with Crippen molar-refractivity contribution in [3.63, 3.8) is 0 Å². The van der Waals surface area contributed by atoms with E-state index in [1.807, 2.05) is 5.38 Å². The van der Waals surface area contributed by atoms with E-state index in [2.05, 4.69) is 11.6 Å². The lowest BCUT2D eigenvalue weighted by Gasteiger charge is -2.23. The molecule has 2 aromatic heterocycles. The smallest absolute Gasteiger partial charge is 0.338 e. The van der Waals surface area contributed by atoms with Crippen molar-refractivity contribution in [2.24, 2.45) is 0 Å². The average molecular weight is 496 g/mol. The van der Waals surface area contributed by atoms with E-state index in [1.165, 1.54) is 56.5 Å². The van der Waals surface area contributed by atoms with Crippen molar-refractivity contribution >= 4 is 38.0 Å². The summed E-state index contributed by atoms with van der Waals surface area (Å²) in [5, 5.41) is 1.82. The summed E-state index contributed by atoms with van der Waals surface area (Å²) in [6, 6.07) is 15.6. The summed E-state index contributed by atoms with van der Waals surface area (Å²) in [7, 11) is -3.97. The molecule has 2 aromatic carbocycles. The van der Waals surface area contributed by atoms with Gasteiger partial charge >= 0.3 is 5.97 Å². The Morgan fingerprint density at radius 3 is 2.68 bits per heavy atom. The van der Waals surface area contributed by atoms with Gasteiger partial charge in [-0.15, -0.1) is 17.9 Å². The van der Waals surface area contributed by atoms with Crippen molar-refractivity contribution in [2.45, 2.75) is 18.4 Å². The van der Waals surface area contributed by atoms with Gasteiger partial charge in [0.1, 0.15) is 6.61 Å². The molecule has 0 radical (unpaired) electrons. The van der Waals surface area contributed by atoms with E-state index in [-0.39, 0.29) is 29.2 Å². The van der Waals surface area contributed by atoms with Crippen LogP contribution in [0.4, 0.5) is 5.69 Å². The molecule has 10 heteroatoms. The molecule has 8 nitrogen and oxygen atoms in total. The first-order valence-corrected chi connectivity index (χ1v) is 12.6. The van der Waals surface area contributed by atoms with Crippen molar-refractivity contribution in [1.29, 1.82) is 0 Å². The Hall–Kier alpha value is -3.76. The van der Waals surface area contributed by atoms with Gasteiger partial charge < -0.3 is 4.74 Å². The van der Waals surface area contributed by atoms with Crippen LogP contribution in [0.1, 0.15) is 21.7 Å². The highest BCUT2D eigenvalue weighted by Gasteiger charge is 2.25. The highest BCUT2D eigenvalue weighted by molar-refractivity contribution is 7.92. The molecule has 174 valence electrons. The molecule has 4 aromatic rings. The average Bonchev–Trinajstić information content (AvgIpc) is 3.22. The zero-order valence-electron chi connectivity index (χ0n) is 18.2. The normalized spacial score (nSPS) is 11.3. The van der Waals surface area contributed by atoms with Crippen LogP contribution in [-0.4, -0.2) is 30.3 Å². The number of aryl methyl sites for hydroxylation is 1. The van der Waals surface area contributed by atoms with Gasteiger partial charge in [0.2, 0.25) is 0 Å². The molecule has 0 aliphatic heterocycles. The van der Waals surface area contributed by atoms with Crippen LogP contribution >= 0.6 is 11.3 Å². The first-order chi connectivity index (χ1) is 16.3. The second kappa shape index (κ2) is 9.62. The standard InChI is InChI=1S/C24H21N3O5S2/c1-3-12-26(20-9-5-4-6-10-20)34(30,31)21-11-7-8-18(13-21)23(29)32-15-19-14-22(28)27-17(2)16-33-24(27)25-19/h3-11,13-14,16H,1,12,15H2,2H3. The molecule has 4 rings (SSSR count). The maximum absolute atomic E-state index is 13.3. The number of carbonyl (C=O) groups excluding carboxylic acids is 1. The topological polar surface area (TPSA) is 98.0 Å². The second-order valence-corrected chi connectivity index (χ2v) is 10.0. The number of nitrogens with zero attached hydrogens (tertiary/aromatic N) is 3. The predicted octanol–water partition coefficient (Wildman–Crippen LogP) is 3.80. The van der Waals surface area contributed by atoms with Gasteiger partial charge in [0.05, 0.1) is 28.4 Å². The fourth-order valence-corrected chi connectivity index (χ4v) is 5.73. The molecule has 2 heterocycles. The molecule has 0 bridgehead atoms. The first kappa shape index (κ1) is 23.4. The Morgan fingerprint density at radius 2 is 1.94 bits per heavy atom. The minimum atomic E-state index is -3.97. The highest BCUT2D eigenvalue weighted by Crippen LogP contribution is 2.24. The largest absolute Gasteiger partial charge is 0.456 e. The number of para-hydroxylation sites is 1. The Kier molecular flexibility index (Phi) is 6.62. The summed E-state index contributed by atoms with van der Waals surface area (Å²) in [5.41, 5.74) is 1.38. The van der Waals surface area contributed by atoms with Crippen LogP contribution in [0.3, 0.4) is 0 Å². The van der Waals surface area contributed by atoms with Crippen LogP contribution in [0.2, 0.25) is 0 Å². The summed E-state index contributed by atoms with van der Waals surface area (Å²) < 4.78 is 34.6. The lowest BCUT2D eigenvalue weighted by atomic mass is 10.2. The van der Waals surface area contributed by atoms with Crippen LogP contribution in [-0.2, 0) is 21.4 Å². The first-order valence-electron chi connectivity index (χ1n) is 10.2. The number of carbonyl (C=O) groups is 1. The third-order valence-electron chi connectivity index (χ3n) is 4.98. The van der Waals surface area contributed by atoms with Gasteiger partial charge in [-0.25, -0.2) is 18.2 Å². The Morgan fingerprint density at radius 1 is 1.18 bits per heavy atom. The van der Waals surface area contributed by atoms with Crippen LogP contribution in [0.25, 0.3) is 4.96 Å². The number of fused-ring (bicyclic) bond motifs is 1. The Bertz CT molecular complexity index is 1530. The van der Waals surface area contributed by atoms with Crippen molar-refractivity contribution in [2.75, 3.05) is 10.8 Å². The molecule has 0 saturated heterocycles. The van der Waals surface area contributed by atoms with Gasteiger partial charge in [0, 0.05) is 17.1 Å². The fourth-order valence-electron chi connectivity index (χ4n) is 3.36. The number of benzene rings is 2. The quantitative estimate of drug-likeness (QED) is 0.272. The summed E-state index contributed by atoms with van der Waals surface area (Å²) >= 11 is 1.32. The lowest BCUT2D eigenvalue weighted by Crippen LogP contribution is -2.31. The molecular formula is C24H21N3O5S2. The minimum absolute atomic E-state index is 0.0560. The van der Waals surface area contributed by atoms with Crippen LogP contribution in [0, 0.1) is 6.92 Å². The number of hydrogen-bond donors (Lipinski definition) is 0. The number of rotatable bonds is 8. The van der Waals surface area contributed by atoms with Gasteiger partial charge in [0.25, 0.3) is 15.6 Å². The molecular weight excluding hydrogens is 474 g/mol. The number of anilines is 1. The van der Waals surface area contributed by atoms with E-state index >= 15 is 0 Å². The molecule has 0 spiro atoms. The summed E-state index contributed by atoms with van der Waals surface area (Å²) in [6.07, 6.45) is 1.49. The molecule has 0 atom stereocenters. The van der Waals surface area contributed by atoms with Crippen molar-refractivity contribution < 1.29 is 17.9 Å². The minimum Gasteiger partial charge on any atom is -0.456 e. The van der Waals surface area contributed by atoms with E-state index in [9.17, 15) is 18.0 Å². The van der Waals surface area contributed by atoms with Crippen molar-refractivity contribution in [1.82, 2.24) is 9.38 Å². The lowest BCUT2D eigenvalue weighted by molar-refractivity contribution is 0.0467. The third kappa shape index (κ3) is 4.63. The predicted molar refractivity (Wildman–Crippen MR) is 131 cm³/mol. The van der Waals surface area contributed by atoms with Crippen LogP contribution < -0.4 is 9.86 Å². The third-order valence-corrected chi connectivity index (χ3v) is 7.71. The van der Waals surface area contributed by atoms with Gasteiger partial charge in [-0.05, 0) is 37.3 Å². The van der Waals surface area contributed by atoms with Gasteiger partial charge in [-0.3, -0.25) is 13.5 Å². The monoisotopic (exact) mass is 495 g/mol. The fraction of sp³-hybridized carbons (Fsp3) is 0.125. The summed E-state index contributed by atoms with van der Waals surface area (Å²) in [4.78, 5) is 29.8. The zero-order valence-corrected chi connectivity index (χ0v) is 19.9. The number of sulfonamides is 1. The van der Waals surface area contributed by atoms with Gasteiger partial charge in [0.15, 0.2) is 4.96 Å². The molecule has 0 N–H and O–H groups in total.